The molecule has 1 aromatic carbocycles. The molecule has 2 aromatic rings. The molecule has 2 heteroatoms. The van der Waals surface area contributed by atoms with Crippen molar-refractivity contribution in [2.24, 2.45) is 0 Å². The SMILES string of the molecule is C=CCC(NC)c1cc2ccccc2s1. The summed E-state index contributed by atoms with van der Waals surface area (Å²) in [4.78, 5) is 1.39. The molecule has 0 aliphatic rings. The fourth-order valence-corrected chi connectivity index (χ4v) is 2.90. The molecule has 0 aliphatic heterocycles. The minimum atomic E-state index is 0.403. The second-order valence-corrected chi connectivity index (χ2v) is 4.67. The maximum absolute atomic E-state index is 3.79. The third-order valence-corrected chi connectivity index (χ3v) is 3.77. The number of rotatable bonds is 4. The van der Waals surface area contributed by atoms with Crippen LogP contribution in [-0.4, -0.2) is 7.05 Å². The Morgan fingerprint density at radius 3 is 2.93 bits per heavy atom. The van der Waals surface area contributed by atoms with Crippen LogP contribution in [0.3, 0.4) is 0 Å². The van der Waals surface area contributed by atoms with E-state index in [9.17, 15) is 0 Å². The second kappa shape index (κ2) is 4.60. The third-order valence-electron chi connectivity index (χ3n) is 2.54. The summed E-state index contributed by atoms with van der Waals surface area (Å²) in [6.45, 7) is 3.79. The van der Waals surface area contributed by atoms with Crippen LogP contribution in [0.4, 0.5) is 0 Å². The maximum Gasteiger partial charge on any atom is 0.0447 e. The Bertz CT molecular complexity index is 425. The van der Waals surface area contributed by atoms with Crippen molar-refractivity contribution in [2.75, 3.05) is 7.05 Å². The normalized spacial score (nSPS) is 12.9. The van der Waals surface area contributed by atoms with Gasteiger partial charge in [0.05, 0.1) is 0 Å². The fourth-order valence-electron chi connectivity index (χ4n) is 1.72. The molecule has 0 saturated heterocycles. The first-order valence-corrected chi connectivity index (χ1v) is 5.93. The average molecular weight is 217 g/mol. The van der Waals surface area contributed by atoms with Crippen LogP contribution >= 0.6 is 11.3 Å². The van der Waals surface area contributed by atoms with E-state index >= 15 is 0 Å². The van der Waals surface area contributed by atoms with Gasteiger partial charge < -0.3 is 5.32 Å². The van der Waals surface area contributed by atoms with Crippen molar-refractivity contribution >= 4 is 21.4 Å². The summed E-state index contributed by atoms with van der Waals surface area (Å²) >= 11 is 1.86. The van der Waals surface area contributed by atoms with Crippen LogP contribution in [0.5, 0.6) is 0 Å². The minimum absolute atomic E-state index is 0.403. The Kier molecular flexibility index (Phi) is 3.19. The molecule has 78 valence electrons. The topological polar surface area (TPSA) is 12.0 Å². The molecule has 0 bridgehead atoms. The predicted octanol–water partition coefficient (Wildman–Crippen LogP) is 3.74. The summed E-state index contributed by atoms with van der Waals surface area (Å²) in [5.74, 6) is 0. The van der Waals surface area contributed by atoms with Gasteiger partial charge in [0.15, 0.2) is 0 Å². The molecular formula is C13H15NS. The van der Waals surface area contributed by atoms with Gasteiger partial charge in [-0.05, 0) is 31.0 Å². The van der Waals surface area contributed by atoms with Gasteiger partial charge in [-0.1, -0.05) is 24.3 Å². The molecule has 1 N–H and O–H groups in total. The number of nitrogens with one attached hydrogen (secondary N) is 1. The quantitative estimate of drug-likeness (QED) is 0.769. The molecule has 0 fully saturated rings. The molecule has 1 atom stereocenters. The number of fused-ring (bicyclic) bond motifs is 1. The maximum atomic E-state index is 3.79. The van der Waals surface area contributed by atoms with E-state index in [2.05, 4.69) is 42.2 Å². The molecular weight excluding hydrogens is 202 g/mol. The van der Waals surface area contributed by atoms with E-state index < -0.39 is 0 Å². The Labute approximate surface area is 94.4 Å². The van der Waals surface area contributed by atoms with Crippen molar-refractivity contribution in [2.45, 2.75) is 12.5 Å². The lowest BCUT2D eigenvalue weighted by Gasteiger charge is -2.10. The first kappa shape index (κ1) is 10.4. The van der Waals surface area contributed by atoms with E-state index in [1.165, 1.54) is 15.0 Å². The van der Waals surface area contributed by atoms with Gasteiger partial charge in [0, 0.05) is 15.6 Å². The largest absolute Gasteiger partial charge is 0.312 e. The summed E-state index contributed by atoms with van der Waals surface area (Å²) < 4.78 is 1.36. The highest BCUT2D eigenvalue weighted by Crippen LogP contribution is 2.30. The van der Waals surface area contributed by atoms with Crippen molar-refractivity contribution in [1.29, 1.82) is 0 Å². The van der Waals surface area contributed by atoms with Crippen LogP contribution in [0.25, 0.3) is 10.1 Å². The van der Waals surface area contributed by atoms with Gasteiger partial charge in [0.1, 0.15) is 0 Å². The van der Waals surface area contributed by atoms with Gasteiger partial charge in [0.2, 0.25) is 0 Å². The van der Waals surface area contributed by atoms with E-state index in [1.54, 1.807) is 0 Å². The average Bonchev–Trinajstić information content (AvgIpc) is 2.69. The first-order valence-electron chi connectivity index (χ1n) is 5.12. The molecule has 1 unspecified atom stereocenters. The van der Waals surface area contributed by atoms with Gasteiger partial charge in [-0.2, -0.15) is 0 Å². The minimum Gasteiger partial charge on any atom is -0.312 e. The Morgan fingerprint density at radius 1 is 1.47 bits per heavy atom. The zero-order chi connectivity index (χ0) is 10.7. The highest BCUT2D eigenvalue weighted by Gasteiger charge is 2.10. The van der Waals surface area contributed by atoms with Crippen LogP contribution in [0.2, 0.25) is 0 Å². The summed E-state index contributed by atoms with van der Waals surface area (Å²) in [6, 6.07) is 11.2. The molecule has 2 rings (SSSR count). The van der Waals surface area contributed by atoms with E-state index in [4.69, 9.17) is 0 Å². The zero-order valence-corrected chi connectivity index (χ0v) is 9.68. The zero-order valence-electron chi connectivity index (χ0n) is 8.86. The van der Waals surface area contributed by atoms with Crippen molar-refractivity contribution in [1.82, 2.24) is 5.32 Å². The number of benzene rings is 1. The molecule has 1 nitrogen and oxygen atoms in total. The monoisotopic (exact) mass is 217 g/mol. The van der Waals surface area contributed by atoms with Crippen molar-refractivity contribution < 1.29 is 0 Å². The Morgan fingerprint density at radius 2 is 2.27 bits per heavy atom. The highest BCUT2D eigenvalue weighted by atomic mass is 32.1. The molecule has 0 spiro atoms. The van der Waals surface area contributed by atoms with Crippen LogP contribution in [0.1, 0.15) is 17.3 Å². The predicted molar refractivity (Wildman–Crippen MR) is 68.4 cm³/mol. The van der Waals surface area contributed by atoms with Crippen LogP contribution in [0, 0.1) is 0 Å². The standard InChI is InChI=1S/C13H15NS/c1-3-6-11(14-2)13-9-10-7-4-5-8-12(10)15-13/h3-5,7-9,11,14H,1,6H2,2H3. The van der Waals surface area contributed by atoms with Crippen molar-refractivity contribution in [3.05, 3.63) is 47.9 Å². The summed E-state index contributed by atoms with van der Waals surface area (Å²) in [6.07, 6.45) is 2.94. The first-order chi connectivity index (χ1) is 7.35. The lowest BCUT2D eigenvalue weighted by molar-refractivity contribution is 0.614. The summed E-state index contributed by atoms with van der Waals surface area (Å²) in [7, 11) is 2.00. The van der Waals surface area contributed by atoms with Gasteiger partial charge in [0.25, 0.3) is 0 Å². The lowest BCUT2D eigenvalue weighted by Crippen LogP contribution is -2.13. The van der Waals surface area contributed by atoms with E-state index in [-0.39, 0.29) is 0 Å². The number of thiophene rings is 1. The van der Waals surface area contributed by atoms with Crippen molar-refractivity contribution in [3.8, 4) is 0 Å². The highest BCUT2D eigenvalue weighted by molar-refractivity contribution is 7.19. The van der Waals surface area contributed by atoms with Gasteiger partial charge in [-0.3, -0.25) is 0 Å². The fraction of sp³-hybridized carbons (Fsp3) is 0.231. The van der Waals surface area contributed by atoms with Gasteiger partial charge >= 0.3 is 0 Å². The molecule has 0 saturated carbocycles. The van der Waals surface area contributed by atoms with Gasteiger partial charge in [-0.25, -0.2) is 0 Å². The molecule has 15 heavy (non-hydrogen) atoms. The third kappa shape index (κ3) is 2.11. The Hall–Kier alpha value is -1.12. The van der Waals surface area contributed by atoms with Crippen LogP contribution < -0.4 is 5.32 Å². The van der Waals surface area contributed by atoms with Gasteiger partial charge in [-0.15, -0.1) is 17.9 Å². The van der Waals surface area contributed by atoms with E-state index in [0.717, 1.165) is 6.42 Å². The van der Waals surface area contributed by atoms with Crippen LogP contribution in [-0.2, 0) is 0 Å². The molecule has 0 radical (unpaired) electrons. The van der Waals surface area contributed by atoms with E-state index in [1.807, 2.05) is 24.5 Å². The molecule has 0 amide bonds. The van der Waals surface area contributed by atoms with Crippen LogP contribution in [0.15, 0.2) is 43.0 Å². The molecule has 1 aromatic heterocycles. The summed E-state index contributed by atoms with van der Waals surface area (Å²) in [5, 5.41) is 4.65. The molecule has 0 aliphatic carbocycles. The summed E-state index contributed by atoms with van der Waals surface area (Å²) in [5.41, 5.74) is 0. The smallest absolute Gasteiger partial charge is 0.0447 e. The second-order valence-electron chi connectivity index (χ2n) is 3.55. The van der Waals surface area contributed by atoms with E-state index in [0.29, 0.717) is 6.04 Å². The van der Waals surface area contributed by atoms with Crippen molar-refractivity contribution in [3.63, 3.8) is 0 Å². The number of hydrogen-bond donors (Lipinski definition) is 1. The molecule has 1 heterocycles. The Balaban J connectivity index is 2.38. The number of hydrogen-bond acceptors (Lipinski definition) is 2. The lowest BCUT2D eigenvalue weighted by atomic mass is 10.1.